The normalized spacial score (nSPS) is 14.4. The first kappa shape index (κ1) is 30.8. The van der Waals surface area contributed by atoms with Crippen molar-refractivity contribution < 1.29 is 0 Å². The molecule has 2 aromatic carbocycles. The highest BCUT2D eigenvalue weighted by atomic mass is 35.5. The molecule has 0 unspecified atom stereocenters. The van der Waals surface area contributed by atoms with Gasteiger partial charge in [0.25, 0.3) is 0 Å². The van der Waals surface area contributed by atoms with Crippen molar-refractivity contribution in [2.75, 3.05) is 41.7 Å². The van der Waals surface area contributed by atoms with Crippen molar-refractivity contribution in [3.05, 3.63) is 98.5 Å². The van der Waals surface area contributed by atoms with Gasteiger partial charge in [-0.3, -0.25) is 0 Å². The highest BCUT2D eigenvalue weighted by Gasteiger charge is 2.22. The van der Waals surface area contributed by atoms with Crippen LogP contribution in [0.25, 0.3) is 0 Å². The van der Waals surface area contributed by atoms with Gasteiger partial charge in [0.1, 0.15) is 21.9 Å². The largest absolute Gasteiger partial charge is 0.368 e. The van der Waals surface area contributed by atoms with Gasteiger partial charge in [-0.25, -0.2) is 15.0 Å². The highest BCUT2D eigenvalue weighted by Crippen LogP contribution is 2.31. The van der Waals surface area contributed by atoms with Crippen LogP contribution in [0.1, 0.15) is 55.4 Å². The van der Waals surface area contributed by atoms with Gasteiger partial charge in [-0.2, -0.15) is 4.98 Å². The molecule has 0 aliphatic carbocycles. The van der Waals surface area contributed by atoms with E-state index in [1.807, 2.05) is 36.4 Å². The summed E-state index contributed by atoms with van der Waals surface area (Å²) >= 11 is 18.6. The number of rotatable bonds is 6. The van der Waals surface area contributed by atoms with Crippen LogP contribution in [0, 0.1) is 0 Å². The van der Waals surface area contributed by atoms with Crippen LogP contribution in [0.15, 0.2) is 60.7 Å². The van der Waals surface area contributed by atoms with Gasteiger partial charge in [0.05, 0.1) is 0 Å². The van der Waals surface area contributed by atoms with Crippen LogP contribution in [-0.4, -0.2) is 46.1 Å². The molecule has 0 radical (unpaired) electrons. The highest BCUT2D eigenvalue weighted by molar-refractivity contribution is 6.32. The number of aromatic nitrogens is 4. The summed E-state index contributed by atoms with van der Waals surface area (Å²) in [5, 5.41) is 1.13. The summed E-state index contributed by atoms with van der Waals surface area (Å²) in [6.07, 6.45) is 6.20. The minimum atomic E-state index is 0. The second kappa shape index (κ2) is 14.7. The van der Waals surface area contributed by atoms with E-state index < -0.39 is 0 Å². The summed E-state index contributed by atoms with van der Waals surface area (Å²) in [7, 11) is 0. The fourth-order valence-corrected chi connectivity index (χ4v) is 5.84. The first-order valence-electron chi connectivity index (χ1n) is 13.6. The Balaban J connectivity index is 0.000000184. The van der Waals surface area contributed by atoms with Gasteiger partial charge >= 0.3 is 0 Å². The molecule has 0 amide bonds. The van der Waals surface area contributed by atoms with Gasteiger partial charge in [-0.05, 0) is 48.4 Å². The molecule has 2 N–H and O–H groups in total. The predicted molar refractivity (Wildman–Crippen MR) is 172 cm³/mol. The number of hydrogen-bond donors (Lipinski definition) is 1. The molecule has 7 nitrogen and oxygen atoms in total. The molecule has 0 saturated carbocycles. The minimum Gasteiger partial charge on any atom is -0.368 e. The second-order valence-electron chi connectivity index (χ2n) is 9.97. The van der Waals surface area contributed by atoms with Gasteiger partial charge in [0, 0.05) is 50.1 Å². The Hall–Kier alpha value is -3.13. The Morgan fingerprint density at radius 2 is 1.00 bits per heavy atom. The lowest BCUT2D eigenvalue weighted by molar-refractivity contribution is 0.905. The Morgan fingerprint density at radius 3 is 1.46 bits per heavy atom. The number of benzene rings is 2. The third kappa shape index (κ3) is 8.00. The lowest BCUT2D eigenvalue weighted by Crippen LogP contribution is -2.22. The molecular formula is C31H36Cl3N7. The van der Waals surface area contributed by atoms with Crippen molar-refractivity contribution in [3.8, 4) is 0 Å². The molecule has 2 aliphatic rings. The number of nitrogen functional groups attached to an aromatic ring is 1. The molecule has 4 aromatic rings. The van der Waals surface area contributed by atoms with Crippen molar-refractivity contribution in [3.63, 3.8) is 0 Å². The molecule has 4 heterocycles. The molecule has 6 rings (SSSR count). The lowest BCUT2D eigenvalue weighted by atomic mass is 10.1. The number of anilines is 3. The van der Waals surface area contributed by atoms with Crippen LogP contribution in [0.5, 0.6) is 0 Å². The third-order valence-corrected chi connectivity index (χ3v) is 7.91. The van der Waals surface area contributed by atoms with Gasteiger partial charge in [-0.1, -0.05) is 91.3 Å². The summed E-state index contributed by atoms with van der Waals surface area (Å²) in [5.74, 6) is 2.02. The number of halogens is 3. The van der Waals surface area contributed by atoms with Gasteiger partial charge in [0.15, 0.2) is 0 Å². The molecule has 0 spiro atoms. The van der Waals surface area contributed by atoms with E-state index in [2.05, 4.69) is 54.0 Å². The molecule has 0 bridgehead atoms. The Kier molecular flexibility index (Phi) is 11.0. The number of nitrogens with zero attached hydrogens (tertiary/aromatic N) is 6. The van der Waals surface area contributed by atoms with E-state index in [0.717, 1.165) is 61.8 Å². The van der Waals surface area contributed by atoms with Crippen molar-refractivity contribution >= 4 is 52.4 Å². The molecule has 216 valence electrons. The number of hydrogen-bond acceptors (Lipinski definition) is 7. The van der Waals surface area contributed by atoms with Gasteiger partial charge < -0.3 is 15.5 Å². The maximum atomic E-state index is 6.31. The Labute approximate surface area is 257 Å². The second-order valence-corrected chi connectivity index (χ2v) is 11.0. The Morgan fingerprint density at radius 1 is 0.585 bits per heavy atom. The Bertz CT molecular complexity index is 1300. The smallest absolute Gasteiger partial charge is 0.225 e. The first-order chi connectivity index (χ1) is 19.5. The van der Waals surface area contributed by atoms with Crippen LogP contribution in [0.2, 0.25) is 15.6 Å². The van der Waals surface area contributed by atoms with E-state index in [4.69, 9.17) is 40.5 Å². The quantitative estimate of drug-likeness (QED) is 0.178. The topological polar surface area (TPSA) is 84.1 Å². The van der Waals surface area contributed by atoms with E-state index in [9.17, 15) is 0 Å². The lowest BCUT2D eigenvalue weighted by Gasteiger charge is -2.21. The maximum Gasteiger partial charge on any atom is 0.225 e. The molecule has 0 atom stereocenters. The van der Waals surface area contributed by atoms with Crippen molar-refractivity contribution in [1.29, 1.82) is 0 Å². The predicted octanol–water partition coefficient (Wildman–Crippen LogP) is 7.51. The zero-order valence-electron chi connectivity index (χ0n) is 22.2. The summed E-state index contributed by atoms with van der Waals surface area (Å²) in [4.78, 5) is 21.5. The fourth-order valence-electron chi connectivity index (χ4n) is 5.17. The van der Waals surface area contributed by atoms with E-state index in [0.29, 0.717) is 10.3 Å². The summed E-state index contributed by atoms with van der Waals surface area (Å²) < 4.78 is 0. The molecular weight excluding hydrogens is 577 g/mol. The van der Waals surface area contributed by atoms with Crippen LogP contribution >= 0.6 is 34.8 Å². The minimum absolute atomic E-state index is 0. The molecule has 10 heteroatoms. The molecule has 2 aliphatic heterocycles. The third-order valence-electron chi connectivity index (χ3n) is 7.12. The molecule has 2 fully saturated rings. The van der Waals surface area contributed by atoms with E-state index in [1.165, 1.54) is 36.8 Å². The number of nitrogens with two attached hydrogens (primary N) is 1. The van der Waals surface area contributed by atoms with E-state index in [1.54, 1.807) is 0 Å². The van der Waals surface area contributed by atoms with Crippen molar-refractivity contribution in [2.24, 2.45) is 0 Å². The van der Waals surface area contributed by atoms with E-state index in [-0.39, 0.29) is 18.7 Å². The average molecular weight is 613 g/mol. The van der Waals surface area contributed by atoms with Crippen LogP contribution in [0.4, 0.5) is 17.6 Å². The standard InChI is InChI=1S/C15H15Cl2N3.C15H17ClN4.CH4/c2*16-13-12(10-11-6-2-1-3-7-11)14(19-15(17)18-13)20-8-4-5-9-20;/h1-3,6-7H,4-5,8-10H2;1-3,6-7H,4-5,8-10H2,(H2,17,18,19);1H4. The monoisotopic (exact) mass is 611 g/mol. The summed E-state index contributed by atoms with van der Waals surface area (Å²) in [6, 6.07) is 20.4. The zero-order valence-corrected chi connectivity index (χ0v) is 24.5. The first-order valence-corrected chi connectivity index (χ1v) is 14.7. The maximum absolute atomic E-state index is 6.31. The SMILES string of the molecule is C.Clc1nc(Cl)c(Cc2ccccc2)c(N2CCCC2)n1.Nc1nc(Cl)c(Cc2ccccc2)c(N2CCCC2)n1. The van der Waals surface area contributed by atoms with Crippen LogP contribution in [0.3, 0.4) is 0 Å². The van der Waals surface area contributed by atoms with Gasteiger partial charge in [-0.15, -0.1) is 0 Å². The van der Waals surface area contributed by atoms with Crippen molar-refractivity contribution in [2.45, 2.75) is 46.0 Å². The zero-order chi connectivity index (χ0) is 27.9. The van der Waals surface area contributed by atoms with Crippen LogP contribution < -0.4 is 15.5 Å². The van der Waals surface area contributed by atoms with E-state index >= 15 is 0 Å². The van der Waals surface area contributed by atoms with Gasteiger partial charge in [0.2, 0.25) is 11.2 Å². The molecule has 41 heavy (non-hydrogen) atoms. The molecule has 2 saturated heterocycles. The molecule has 2 aromatic heterocycles. The summed E-state index contributed by atoms with van der Waals surface area (Å²) in [6.45, 7) is 4.03. The average Bonchev–Trinajstić information content (AvgIpc) is 3.68. The fraction of sp³-hybridized carbons (Fsp3) is 0.355. The summed E-state index contributed by atoms with van der Waals surface area (Å²) in [5.41, 5.74) is 10.1. The van der Waals surface area contributed by atoms with Crippen LogP contribution in [-0.2, 0) is 12.8 Å². The van der Waals surface area contributed by atoms with Crippen molar-refractivity contribution in [1.82, 2.24) is 19.9 Å².